The maximum absolute atomic E-state index is 12.6. The summed E-state index contributed by atoms with van der Waals surface area (Å²) in [6.07, 6.45) is -2.94. The Morgan fingerprint density at radius 3 is 2.70 bits per heavy atom. The van der Waals surface area contributed by atoms with Crippen molar-refractivity contribution in [3.05, 3.63) is 30.1 Å². The summed E-state index contributed by atoms with van der Waals surface area (Å²) >= 11 is 0. The van der Waals surface area contributed by atoms with Crippen LogP contribution in [0.25, 0.3) is 11.4 Å². The topological polar surface area (TPSA) is 66.0 Å². The first-order valence-electron chi connectivity index (χ1n) is 5.77. The van der Waals surface area contributed by atoms with Gasteiger partial charge in [0, 0.05) is 24.9 Å². The van der Waals surface area contributed by atoms with Gasteiger partial charge in [-0.15, -0.1) is 10.2 Å². The molecule has 2 rings (SSSR count). The van der Waals surface area contributed by atoms with Crippen molar-refractivity contribution in [2.24, 2.45) is 0 Å². The van der Waals surface area contributed by atoms with Gasteiger partial charge < -0.3 is 15.0 Å². The first-order chi connectivity index (χ1) is 9.43. The number of rotatable bonds is 4. The van der Waals surface area contributed by atoms with E-state index < -0.39 is 11.7 Å². The monoisotopic (exact) mass is 286 g/mol. The molecule has 0 fully saturated rings. The molecule has 0 spiro atoms. The number of nitrogens with two attached hydrogens (primary N) is 1. The quantitative estimate of drug-likeness (QED) is 0.875. The molecule has 0 amide bonds. The van der Waals surface area contributed by atoms with Gasteiger partial charge in [-0.25, -0.2) is 0 Å². The molecular formula is C12H13F3N4O. The highest BCUT2D eigenvalue weighted by atomic mass is 19.4. The average Bonchev–Trinajstić information content (AvgIpc) is 2.83. The van der Waals surface area contributed by atoms with E-state index in [1.54, 1.807) is 11.7 Å². The van der Waals surface area contributed by atoms with Gasteiger partial charge in [0.2, 0.25) is 0 Å². The molecule has 108 valence electrons. The van der Waals surface area contributed by atoms with Crippen LogP contribution in [0.3, 0.4) is 0 Å². The average molecular weight is 286 g/mol. The molecule has 2 N–H and O–H groups in total. The molecule has 0 aliphatic carbocycles. The second kappa shape index (κ2) is 5.49. The molecule has 0 aliphatic heterocycles. The fraction of sp³-hybridized carbons (Fsp3) is 0.333. The van der Waals surface area contributed by atoms with Gasteiger partial charge in [-0.05, 0) is 18.2 Å². The Morgan fingerprint density at radius 1 is 1.35 bits per heavy atom. The standard InChI is InChI=1S/C12H13F3N4O/c1-20-5-4-19-7-17-18-11(19)9-3-2-8(6-10(9)16)12(13,14)15/h2-3,6-7H,4-5,16H2,1H3. The van der Waals surface area contributed by atoms with E-state index in [2.05, 4.69) is 10.2 Å². The van der Waals surface area contributed by atoms with Crippen LogP contribution < -0.4 is 5.73 Å². The Labute approximate surface area is 113 Å². The van der Waals surface area contributed by atoms with Gasteiger partial charge in [-0.3, -0.25) is 0 Å². The number of aromatic nitrogens is 3. The van der Waals surface area contributed by atoms with Gasteiger partial charge in [0.05, 0.1) is 12.2 Å². The molecule has 0 unspecified atom stereocenters. The van der Waals surface area contributed by atoms with E-state index in [4.69, 9.17) is 10.5 Å². The summed E-state index contributed by atoms with van der Waals surface area (Å²) in [4.78, 5) is 0. The van der Waals surface area contributed by atoms with E-state index in [-0.39, 0.29) is 5.69 Å². The molecule has 0 aliphatic rings. The maximum atomic E-state index is 12.6. The van der Waals surface area contributed by atoms with Crippen molar-refractivity contribution in [1.29, 1.82) is 0 Å². The number of halogens is 3. The van der Waals surface area contributed by atoms with Crippen molar-refractivity contribution in [3.8, 4) is 11.4 Å². The number of hydrogen-bond acceptors (Lipinski definition) is 4. The Morgan fingerprint density at radius 2 is 2.10 bits per heavy atom. The summed E-state index contributed by atoms with van der Waals surface area (Å²) < 4.78 is 44.4. The van der Waals surface area contributed by atoms with Crippen LogP contribution in [0.4, 0.5) is 18.9 Å². The van der Waals surface area contributed by atoms with Gasteiger partial charge >= 0.3 is 6.18 Å². The van der Waals surface area contributed by atoms with Gasteiger partial charge in [0.15, 0.2) is 5.82 Å². The number of alkyl halides is 3. The van der Waals surface area contributed by atoms with Crippen molar-refractivity contribution < 1.29 is 17.9 Å². The second-order valence-corrected chi connectivity index (χ2v) is 4.14. The molecule has 0 bridgehead atoms. The van der Waals surface area contributed by atoms with Crippen LogP contribution in [0.1, 0.15) is 5.56 Å². The van der Waals surface area contributed by atoms with Crippen molar-refractivity contribution in [3.63, 3.8) is 0 Å². The number of benzene rings is 1. The fourth-order valence-electron chi connectivity index (χ4n) is 1.76. The zero-order valence-electron chi connectivity index (χ0n) is 10.7. The number of hydrogen-bond donors (Lipinski definition) is 1. The smallest absolute Gasteiger partial charge is 0.398 e. The SMILES string of the molecule is COCCn1cnnc1-c1ccc(C(F)(F)F)cc1N. The molecule has 5 nitrogen and oxygen atoms in total. The first kappa shape index (κ1) is 14.3. The predicted molar refractivity (Wildman–Crippen MR) is 66.7 cm³/mol. The Bertz CT molecular complexity index is 595. The third kappa shape index (κ3) is 2.90. The molecule has 1 aromatic heterocycles. The van der Waals surface area contributed by atoms with Gasteiger partial charge in [-0.2, -0.15) is 13.2 Å². The molecular weight excluding hydrogens is 273 g/mol. The van der Waals surface area contributed by atoms with Crippen LogP contribution >= 0.6 is 0 Å². The number of ether oxygens (including phenoxy) is 1. The minimum absolute atomic E-state index is 0.00601. The zero-order valence-corrected chi connectivity index (χ0v) is 10.7. The third-order valence-electron chi connectivity index (χ3n) is 2.77. The third-order valence-corrected chi connectivity index (χ3v) is 2.77. The highest BCUT2D eigenvalue weighted by Gasteiger charge is 2.31. The largest absolute Gasteiger partial charge is 0.416 e. The highest BCUT2D eigenvalue weighted by molar-refractivity contribution is 5.72. The lowest BCUT2D eigenvalue weighted by Gasteiger charge is -2.11. The maximum Gasteiger partial charge on any atom is 0.416 e. The molecule has 8 heteroatoms. The molecule has 20 heavy (non-hydrogen) atoms. The Hall–Kier alpha value is -2.09. The summed E-state index contributed by atoms with van der Waals surface area (Å²) in [6, 6.07) is 3.16. The van der Waals surface area contributed by atoms with Crippen LogP contribution in [0.5, 0.6) is 0 Å². The van der Waals surface area contributed by atoms with E-state index in [0.717, 1.165) is 12.1 Å². The van der Waals surface area contributed by atoms with Crippen LogP contribution in [-0.2, 0) is 17.5 Å². The Balaban J connectivity index is 2.37. The van der Waals surface area contributed by atoms with Crippen molar-refractivity contribution in [2.45, 2.75) is 12.7 Å². The number of anilines is 1. The zero-order chi connectivity index (χ0) is 14.8. The normalized spacial score (nSPS) is 11.8. The van der Waals surface area contributed by atoms with Gasteiger partial charge in [0.25, 0.3) is 0 Å². The van der Waals surface area contributed by atoms with Gasteiger partial charge in [-0.1, -0.05) is 0 Å². The molecule has 1 aromatic carbocycles. The van der Waals surface area contributed by atoms with Crippen molar-refractivity contribution in [2.75, 3.05) is 19.5 Å². The van der Waals surface area contributed by atoms with Crippen molar-refractivity contribution in [1.82, 2.24) is 14.8 Å². The number of nitrogen functional groups attached to an aromatic ring is 1. The summed E-state index contributed by atoms with van der Waals surface area (Å²) in [5.41, 5.74) is 5.32. The van der Waals surface area contributed by atoms with Crippen molar-refractivity contribution >= 4 is 5.69 Å². The molecule has 0 atom stereocenters. The van der Waals surface area contributed by atoms with Crippen LogP contribution in [0, 0.1) is 0 Å². The van der Waals surface area contributed by atoms with E-state index >= 15 is 0 Å². The number of methoxy groups -OCH3 is 1. The lowest BCUT2D eigenvalue weighted by molar-refractivity contribution is -0.137. The first-order valence-corrected chi connectivity index (χ1v) is 5.77. The lowest BCUT2D eigenvalue weighted by atomic mass is 10.1. The highest BCUT2D eigenvalue weighted by Crippen LogP contribution is 2.33. The molecule has 1 heterocycles. The van der Waals surface area contributed by atoms with E-state index in [0.29, 0.717) is 24.5 Å². The second-order valence-electron chi connectivity index (χ2n) is 4.14. The van der Waals surface area contributed by atoms with Crippen LogP contribution in [0.15, 0.2) is 24.5 Å². The summed E-state index contributed by atoms with van der Waals surface area (Å²) in [5.74, 6) is 0.410. The summed E-state index contributed by atoms with van der Waals surface area (Å²) in [7, 11) is 1.55. The van der Waals surface area contributed by atoms with E-state index in [1.165, 1.54) is 12.4 Å². The molecule has 2 aromatic rings. The van der Waals surface area contributed by atoms with Gasteiger partial charge in [0.1, 0.15) is 6.33 Å². The molecule has 0 radical (unpaired) electrons. The molecule has 0 saturated heterocycles. The van der Waals surface area contributed by atoms with E-state index in [1.807, 2.05) is 0 Å². The fourth-order valence-corrected chi connectivity index (χ4v) is 1.76. The lowest BCUT2D eigenvalue weighted by Crippen LogP contribution is -2.08. The van der Waals surface area contributed by atoms with Crippen LogP contribution in [-0.4, -0.2) is 28.5 Å². The summed E-state index contributed by atoms with van der Waals surface area (Å²) in [6.45, 7) is 0.922. The predicted octanol–water partition coefficient (Wildman–Crippen LogP) is 2.19. The minimum atomic E-state index is -4.42. The minimum Gasteiger partial charge on any atom is -0.398 e. The van der Waals surface area contributed by atoms with Crippen LogP contribution in [0.2, 0.25) is 0 Å². The number of nitrogens with zero attached hydrogens (tertiary/aromatic N) is 3. The molecule has 0 saturated carbocycles. The Kier molecular flexibility index (Phi) is 3.93. The van der Waals surface area contributed by atoms with E-state index in [9.17, 15) is 13.2 Å². The summed E-state index contributed by atoms with van der Waals surface area (Å²) in [5, 5.41) is 7.63.